The summed E-state index contributed by atoms with van der Waals surface area (Å²) in [6, 6.07) is 39.8. The van der Waals surface area contributed by atoms with Gasteiger partial charge in [-0.05, 0) is 80.9 Å². The minimum Gasteiger partial charge on any atom is -0.475 e. The van der Waals surface area contributed by atoms with Gasteiger partial charge in [0.25, 0.3) is 5.88 Å². The van der Waals surface area contributed by atoms with Crippen molar-refractivity contribution in [1.29, 1.82) is 5.26 Å². The van der Waals surface area contributed by atoms with E-state index < -0.39 is 0 Å². The Labute approximate surface area is 617 Å². The van der Waals surface area contributed by atoms with Gasteiger partial charge < -0.3 is 70.9 Å². The molecule has 0 radical (unpaired) electrons. The first-order valence-electron chi connectivity index (χ1n) is 36.0. The zero-order chi connectivity index (χ0) is 71.8. The van der Waals surface area contributed by atoms with Gasteiger partial charge in [0.15, 0.2) is 10.8 Å². The smallest absolute Gasteiger partial charge is 0.257 e. The largest absolute Gasteiger partial charge is 0.475 e. The summed E-state index contributed by atoms with van der Waals surface area (Å²) in [4.78, 5) is 75.3. The molecule has 7 aliphatic rings. The van der Waals surface area contributed by atoms with Gasteiger partial charge in [0.05, 0.1) is 23.3 Å². The molecular formula is C75H94N24O3S2. The second-order valence-corrected chi connectivity index (χ2v) is 26.5. The first-order chi connectivity index (χ1) is 51.3. The summed E-state index contributed by atoms with van der Waals surface area (Å²) in [5, 5.41) is 36.7. The second-order valence-electron chi connectivity index (χ2n) is 24.9. The van der Waals surface area contributed by atoms with Crippen molar-refractivity contribution in [3.05, 3.63) is 191 Å². The molecule has 6 fully saturated rings. The fourth-order valence-electron chi connectivity index (χ4n) is 12.6. The van der Waals surface area contributed by atoms with Crippen LogP contribution < -0.4 is 66.0 Å². The van der Waals surface area contributed by atoms with Crippen LogP contribution in [0.3, 0.4) is 0 Å². The highest BCUT2D eigenvalue weighted by Crippen LogP contribution is 2.33. The van der Waals surface area contributed by atoms with Gasteiger partial charge in [0.2, 0.25) is 17.5 Å². The van der Waals surface area contributed by atoms with E-state index in [-0.39, 0.29) is 11.6 Å². The highest BCUT2D eigenvalue weighted by atomic mass is 32.1. The maximum Gasteiger partial charge on any atom is 0.257 e. The van der Waals surface area contributed by atoms with Crippen LogP contribution in [-0.2, 0) is 0 Å². The number of piperazine rings is 6. The Balaban J connectivity index is 0.000000125. The average molecular weight is 1440 g/mol. The van der Waals surface area contributed by atoms with Crippen molar-refractivity contribution >= 4 is 74.4 Å². The van der Waals surface area contributed by atoms with Crippen LogP contribution in [0.2, 0.25) is 0 Å². The SMILES string of the molecule is CCOc1nccnc1N1CCNCC1.C[C@@H]1CN(c2snnc2-c2ccccc2)CCN1.N#Cc1cccnc1N1CCNCC1.O=C(c1ccccn1)c1cccnc1N1CCNCC1.O=C(c1nccs1)c1cccnc1N1CCNCC1.c1ccc(N2CCCN=C2N2CCNCC2)cc1. The van der Waals surface area contributed by atoms with Gasteiger partial charge in [-0.1, -0.05) is 59.1 Å². The molecule has 0 bridgehead atoms. The number of nitrogens with zero attached hydrogens (tertiary/aromatic N) is 18. The summed E-state index contributed by atoms with van der Waals surface area (Å²) >= 11 is 2.85. The van der Waals surface area contributed by atoms with Gasteiger partial charge in [-0.15, -0.1) is 16.4 Å². The number of pyridine rings is 4. The number of nitriles is 1. The Bertz CT molecular complexity index is 4090. The highest BCUT2D eigenvalue weighted by Gasteiger charge is 2.27. The van der Waals surface area contributed by atoms with Crippen LogP contribution in [0.1, 0.15) is 57.2 Å². The number of anilines is 6. The minimum absolute atomic E-state index is 0.0448. The normalized spacial score (nSPS) is 17.4. The fraction of sp³-hybridized carbons (Fsp3) is 0.400. The van der Waals surface area contributed by atoms with E-state index >= 15 is 0 Å². The Hall–Kier alpha value is -10.0. The first kappa shape index (κ1) is 75.1. The lowest BCUT2D eigenvalue weighted by Gasteiger charge is -2.38. The molecule has 1 atom stereocenters. The molecular weight excluding hydrogens is 1350 g/mol. The molecule has 9 aromatic rings. The lowest BCUT2D eigenvalue weighted by Crippen LogP contribution is -2.54. The van der Waals surface area contributed by atoms with Crippen LogP contribution in [0.5, 0.6) is 5.88 Å². The summed E-state index contributed by atoms with van der Waals surface area (Å²) in [5.41, 5.74) is 5.79. The van der Waals surface area contributed by atoms with Crippen molar-refractivity contribution in [3.63, 3.8) is 0 Å². The number of benzene rings is 2. The van der Waals surface area contributed by atoms with Gasteiger partial charge in [0.1, 0.15) is 39.9 Å². The topological polar surface area (TPSA) is 290 Å². The molecule has 2 aromatic carbocycles. The predicted octanol–water partition coefficient (Wildman–Crippen LogP) is 6.10. The number of para-hydroxylation sites is 1. The number of ether oxygens (including phenoxy) is 1. The fourth-order valence-corrected chi connectivity index (χ4v) is 13.9. The highest BCUT2D eigenvalue weighted by molar-refractivity contribution is 7.11. The van der Waals surface area contributed by atoms with Gasteiger partial charge in [-0.2, -0.15) is 5.26 Å². The van der Waals surface area contributed by atoms with Crippen molar-refractivity contribution in [3.8, 4) is 23.2 Å². The summed E-state index contributed by atoms with van der Waals surface area (Å²) in [7, 11) is 0. The molecule has 104 heavy (non-hydrogen) atoms. The van der Waals surface area contributed by atoms with Crippen molar-refractivity contribution < 1.29 is 14.3 Å². The molecule has 14 heterocycles. The van der Waals surface area contributed by atoms with E-state index in [2.05, 4.69) is 166 Å². The quantitative estimate of drug-likeness (QED) is 0.0710. The molecule has 0 spiro atoms. The Morgan fingerprint density at radius 2 is 1.04 bits per heavy atom. The van der Waals surface area contributed by atoms with Crippen LogP contribution >= 0.6 is 22.9 Å². The Kier molecular flexibility index (Phi) is 29.4. The number of nitrogens with one attached hydrogen (secondary N) is 6. The maximum absolute atomic E-state index is 12.6. The van der Waals surface area contributed by atoms with E-state index in [0.717, 1.165) is 211 Å². The van der Waals surface area contributed by atoms with Crippen molar-refractivity contribution in [2.24, 2.45) is 4.99 Å². The Morgan fingerprint density at radius 3 is 1.61 bits per heavy atom. The van der Waals surface area contributed by atoms with Crippen LogP contribution in [-0.4, -0.2) is 243 Å². The number of thiazole rings is 1. The van der Waals surface area contributed by atoms with Gasteiger partial charge in [0, 0.05) is 241 Å². The number of rotatable bonds is 13. The van der Waals surface area contributed by atoms with Gasteiger partial charge in [-0.25, -0.2) is 29.9 Å². The maximum atomic E-state index is 12.6. The molecule has 16 rings (SSSR count). The molecule has 7 aliphatic heterocycles. The van der Waals surface area contributed by atoms with E-state index in [9.17, 15) is 9.59 Å². The predicted molar refractivity (Wildman–Crippen MR) is 414 cm³/mol. The number of hydrogen-bond acceptors (Lipinski definition) is 29. The summed E-state index contributed by atoms with van der Waals surface area (Å²) in [5.74, 6) is 4.88. The van der Waals surface area contributed by atoms with Crippen molar-refractivity contribution in [1.82, 2.24) is 81.3 Å². The molecule has 544 valence electrons. The zero-order valence-electron chi connectivity index (χ0n) is 59.3. The molecule has 27 nitrogen and oxygen atoms in total. The van der Waals surface area contributed by atoms with Crippen molar-refractivity contribution in [2.45, 2.75) is 26.3 Å². The van der Waals surface area contributed by atoms with E-state index in [1.807, 2.05) is 54.8 Å². The number of carbonyl (C=O) groups is 2. The van der Waals surface area contributed by atoms with Crippen LogP contribution in [0, 0.1) is 11.3 Å². The standard InChI is InChI=1S/C15H16N4O.C14H20N4.C13H14N4OS.C13H16N4S.C10H16N4O.C10H12N4/c20-14(13-5-1-2-6-17-13)12-4-3-7-18-15(12)19-10-8-16-9-11-19;1-2-5-13(6-3-1)18-10-4-7-16-14(18)17-11-8-15-9-12-17;18-11(13-16-6-9-19-13)10-2-1-3-15-12(10)17-7-4-14-5-8-17;1-10-9-17(8-7-14-10)13-12(15-16-18-13)11-5-3-2-4-6-11;1-2-15-10-9(12-3-4-13-10)14-7-5-11-6-8-14;11-8-9-2-1-3-13-10(9)14-6-4-12-5-7-14/h1-7,16H,8-11H2;1-3,5-6,15H,4,7-12H2;1-3,6,9,14H,4-5,7-8H2;2-6,10,14H,7-9H2,1H3;3-4,11H,2,5-8H2,1H3;1-3,12H,4-7H2/t;;;10-;;/m...1../s1. The minimum atomic E-state index is -0.0766. The first-order valence-corrected chi connectivity index (χ1v) is 37.6. The second kappa shape index (κ2) is 40.7. The summed E-state index contributed by atoms with van der Waals surface area (Å²) in [6.07, 6.45) is 13.0. The number of hydrogen-bond donors (Lipinski definition) is 6. The third-order valence-corrected chi connectivity index (χ3v) is 19.3. The molecule has 6 saturated heterocycles. The number of ketones is 2. The Morgan fingerprint density at radius 1 is 0.519 bits per heavy atom. The van der Waals surface area contributed by atoms with Crippen LogP contribution in [0.15, 0.2) is 169 Å². The lowest BCUT2D eigenvalue weighted by molar-refractivity contribution is 0.102. The lowest BCUT2D eigenvalue weighted by atomic mass is 10.1. The summed E-state index contributed by atoms with van der Waals surface area (Å²) in [6.45, 7) is 28.9. The molecule has 0 amide bonds. The van der Waals surface area contributed by atoms with E-state index in [1.54, 1.807) is 73.7 Å². The number of aliphatic imine (C=N–C) groups is 1. The van der Waals surface area contributed by atoms with Crippen LogP contribution in [0.4, 0.5) is 34.0 Å². The third-order valence-electron chi connectivity index (χ3n) is 17.8. The van der Waals surface area contributed by atoms with E-state index in [4.69, 9.17) is 15.0 Å². The van der Waals surface area contributed by atoms with Crippen molar-refractivity contribution in [2.75, 3.05) is 200 Å². The molecule has 7 aromatic heterocycles. The molecule has 29 heteroatoms. The summed E-state index contributed by atoms with van der Waals surface area (Å²) < 4.78 is 9.58. The number of guanidine groups is 1. The molecule has 0 unspecified atom stereocenters. The van der Waals surface area contributed by atoms with Crippen LogP contribution in [0.25, 0.3) is 11.3 Å². The molecule has 6 N–H and O–H groups in total. The van der Waals surface area contributed by atoms with E-state index in [1.165, 1.54) is 33.6 Å². The zero-order valence-corrected chi connectivity index (χ0v) is 61.0. The third kappa shape index (κ3) is 21.3. The van der Waals surface area contributed by atoms with Gasteiger partial charge in [-0.3, -0.25) is 19.6 Å². The molecule has 0 saturated carbocycles. The number of carbonyl (C=O) groups excluding carboxylic acids is 2. The average Bonchev–Trinajstić information content (AvgIpc) is 1.82. The molecule has 0 aliphatic carbocycles. The van der Waals surface area contributed by atoms with E-state index in [0.29, 0.717) is 45.9 Å². The number of aromatic nitrogens is 9. The monoisotopic (exact) mass is 1440 g/mol. The van der Waals surface area contributed by atoms with Gasteiger partial charge >= 0.3 is 0 Å².